The van der Waals surface area contributed by atoms with Gasteiger partial charge in [-0.2, -0.15) is 0 Å². The maximum Gasteiger partial charge on any atom is 0.246 e. The molecule has 0 atom stereocenters. The van der Waals surface area contributed by atoms with Crippen LogP contribution in [0.25, 0.3) is 6.08 Å². The van der Waals surface area contributed by atoms with Gasteiger partial charge in [-0.05, 0) is 31.1 Å². The summed E-state index contributed by atoms with van der Waals surface area (Å²) < 4.78 is 0. The minimum Gasteiger partial charge on any atom is -0.396 e. The average molecular weight is 234 g/mol. The first-order chi connectivity index (χ1) is 8.27. The summed E-state index contributed by atoms with van der Waals surface area (Å²) in [6.07, 6.45) is 7.29. The predicted molar refractivity (Wildman–Crippen MR) is 67.2 cm³/mol. The lowest BCUT2D eigenvalue weighted by molar-refractivity contribution is -0.125. The maximum atomic E-state index is 11.8. The number of nitrogens with zero attached hydrogens (tertiary/aromatic N) is 2. The Bertz CT molecular complexity index is 363. The molecule has 0 radical (unpaired) electrons. The Hall–Kier alpha value is -1.68. The van der Waals surface area contributed by atoms with Gasteiger partial charge in [-0.25, -0.2) is 0 Å². The highest BCUT2D eigenvalue weighted by Crippen LogP contribution is 2.01. The highest BCUT2D eigenvalue weighted by Gasteiger charge is 2.06. The smallest absolute Gasteiger partial charge is 0.246 e. The topological polar surface area (TPSA) is 53.4 Å². The Labute approximate surface area is 102 Å². The van der Waals surface area contributed by atoms with E-state index in [-0.39, 0.29) is 12.5 Å². The molecule has 1 rings (SSSR count). The molecule has 0 aromatic carbocycles. The number of rotatable bonds is 6. The summed E-state index contributed by atoms with van der Waals surface area (Å²) in [5.74, 6) is -0.0372. The quantitative estimate of drug-likeness (QED) is 0.755. The maximum absolute atomic E-state index is 11.8. The van der Waals surface area contributed by atoms with Gasteiger partial charge in [0.2, 0.25) is 5.91 Å². The predicted octanol–water partition coefficient (Wildman–Crippen LogP) is 1.33. The molecule has 1 aromatic heterocycles. The van der Waals surface area contributed by atoms with E-state index >= 15 is 0 Å². The first-order valence-electron chi connectivity index (χ1n) is 5.75. The molecule has 0 spiro atoms. The van der Waals surface area contributed by atoms with Crippen LogP contribution in [0.5, 0.6) is 0 Å². The summed E-state index contributed by atoms with van der Waals surface area (Å²) in [5, 5.41) is 8.74. The number of aromatic nitrogens is 1. The number of carbonyl (C=O) groups is 1. The van der Waals surface area contributed by atoms with Gasteiger partial charge >= 0.3 is 0 Å². The van der Waals surface area contributed by atoms with Crippen molar-refractivity contribution in [1.29, 1.82) is 0 Å². The number of carbonyl (C=O) groups excluding carboxylic acids is 1. The summed E-state index contributed by atoms with van der Waals surface area (Å²) >= 11 is 0. The van der Waals surface area contributed by atoms with Crippen molar-refractivity contribution in [2.24, 2.45) is 0 Å². The van der Waals surface area contributed by atoms with Crippen molar-refractivity contribution in [1.82, 2.24) is 9.88 Å². The molecule has 0 saturated heterocycles. The van der Waals surface area contributed by atoms with Gasteiger partial charge in [-0.3, -0.25) is 9.78 Å². The molecular weight excluding hydrogens is 216 g/mol. The molecule has 1 amide bonds. The van der Waals surface area contributed by atoms with Crippen LogP contribution in [0, 0.1) is 0 Å². The van der Waals surface area contributed by atoms with Crippen molar-refractivity contribution in [2.45, 2.75) is 13.3 Å². The zero-order valence-electron chi connectivity index (χ0n) is 10.0. The monoisotopic (exact) mass is 234 g/mol. The van der Waals surface area contributed by atoms with Gasteiger partial charge in [-0.15, -0.1) is 0 Å². The Kier molecular flexibility index (Phi) is 5.96. The summed E-state index contributed by atoms with van der Waals surface area (Å²) in [4.78, 5) is 17.5. The first-order valence-corrected chi connectivity index (χ1v) is 5.75. The lowest BCUT2D eigenvalue weighted by Gasteiger charge is -2.18. The summed E-state index contributed by atoms with van der Waals surface area (Å²) in [6, 6.07) is 3.72. The molecule has 1 N–H and O–H groups in total. The van der Waals surface area contributed by atoms with E-state index in [4.69, 9.17) is 5.11 Å². The number of likely N-dealkylation sites (N-methyl/N-ethyl adjacent to an activating group) is 1. The summed E-state index contributed by atoms with van der Waals surface area (Å²) in [5.41, 5.74) is 0.902. The van der Waals surface area contributed by atoms with E-state index in [1.54, 1.807) is 23.4 Å². The van der Waals surface area contributed by atoms with Crippen molar-refractivity contribution < 1.29 is 9.90 Å². The zero-order chi connectivity index (χ0) is 12.5. The van der Waals surface area contributed by atoms with Crippen LogP contribution in [0.2, 0.25) is 0 Å². The minimum absolute atomic E-state index is 0.0372. The van der Waals surface area contributed by atoms with Gasteiger partial charge in [0.1, 0.15) is 0 Å². The molecule has 4 nitrogen and oxygen atoms in total. The lowest BCUT2D eigenvalue weighted by Crippen LogP contribution is -2.30. The van der Waals surface area contributed by atoms with Crippen molar-refractivity contribution >= 4 is 12.0 Å². The third-order valence-corrected chi connectivity index (χ3v) is 2.38. The van der Waals surface area contributed by atoms with Crippen LogP contribution in [-0.4, -0.2) is 40.6 Å². The molecule has 4 heteroatoms. The molecule has 1 heterocycles. The molecule has 0 aliphatic rings. The van der Waals surface area contributed by atoms with E-state index in [2.05, 4.69) is 4.98 Å². The molecule has 92 valence electrons. The van der Waals surface area contributed by atoms with Crippen molar-refractivity contribution in [3.05, 3.63) is 36.2 Å². The van der Waals surface area contributed by atoms with Gasteiger partial charge < -0.3 is 10.0 Å². The fraction of sp³-hybridized carbons (Fsp3) is 0.385. The standard InChI is InChI=1S/C13H18N2O2/c1-2-15(9-4-10-16)13(17)7-6-12-5-3-8-14-11-12/h3,5-8,11,16H,2,4,9-10H2,1H3/b7-6+. The second-order valence-corrected chi connectivity index (χ2v) is 3.61. The van der Waals surface area contributed by atoms with Crippen molar-refractivity contribution in [3.63, 3.8) is 0 Å². The van der Waals surface area contributed by atoms with Crippen LogP contribution in [0.3, 0.4) is 0 Å². The van der Waals surface area contributed by atoms with Crippen molar-refractivity contribution in [2.75, 3.05) is 19.7 Å². The molecule has 0 bridgehead atoms. The average Bonchev–Trinajstić information content (AvgIpc) is 2.38. The molecule has 0 fully saturated rings. The Morgan fingerprint density at radius 2 is 2.41 bits per heavy atom. The van der Waals surface area contributed by atoms with Gasteiger partial charge in [-0.1, -0.05) is 6.07 Å². The van der Waals surface area contributed by atoms with Gasteiger partial charge in [0, 0.05) is 38.2 Å². The van der Waals surface area contributed by atoms with Gasteiger partial charge in [0.15, 0.2) is 0 Å². The fourth-order valence-corrected chi connectivity index (χ4v) is 1.43. The van der Waals surface area contributed by atoms with Crippen LogP contribution in [-0.2, 0) is 4.79 Å². The Morgan fingerprint density at radius 1 is 1.59 bits per heavy atom. The van der Waals surface area contributed by atoms with E-state index in [1.807, 2.05) is 19.1 Å². The summed E-state index contributed by atoms with van der Waals surface area (Å²) in [7, 11) is 0. The zero-order valence-corrected chi connectivity index (χ0v) is 10.0. The molecule has 0 unspecified atom stereocenters. The number of amides is 1. The second-order valence-electron chi connectivity index (χ2n) is 3.61. The van der Waals surface area contributed by atoms with Crippen LogP contribution < -0.4 is 0 Å². The van der Waals surface area contributed by atoms with Gasteiger partial charge in [0.25, 0.3) is 0 Å². The number of aliphatic hydroxyl groups is 1. The summed E-state index contributed by atoms with van der Waals surface area (Å²) in [6.45, 7) is 3.27. The number of aliphatic hydroxyl groups excluding tert-OH is 1. The largest absolute Gasteiger partial charge is 0.396 e. The molecule has 0 aliphatic heterocycles. The SMILES string of the molecule is CCN(CCCO)C(=O)/C=C/c1cccnc1. The third kappa shape index (κ3) is 4.78. The van der Waals surface area contributed by atoms with Crippen LogP contribution in [0.15, 0.2) is 30.6 Å². The molecule has 0 aliphatic carbocycles. The van der Waals surface area contributed by atoms with Crippen LogP contribution in [0.4, 0.5) is 0 Å². The van der Waals surface area contributed by atoms with E-state index in [0.29, 0.717) is 19.5 Å². The number of hydrogen-bond acceptors (Lipinski definition) is 3. The Morgan fingerprint density at radius 3 is 3.00 bits per heavy atom. The lowest BCUT2D eigenvalue weighted by atomic mass is 10.2. The third-order valence-electron chi connectivity index (χ3n) is 2.38. The Balaban J connectivity index is 2.55. The normalized spacial score (nSPS) is 10.7. The first kappa shape index (κ1) is 13.4. The number of hydrogen-bond donors (Lipinski definition) is 1. The fourth-order valence-electron chi connectivity index (χ4n) is 1.43. The molecule has 1 aromatic rings. The van der Waals surface area contributed by atoms with Crippen LogP contribution >= 0.6 is 0 Å². The van der Waals surface area contributed by atoms with E-state index in [0.717, 1.165) is 5.56 Å². The molecule has 0 saturated carbocycles. The highest BCUT2D eigenvalue weighted by molar-refractivity contribution is 5.91. The van der Waals surface area contributed by atoms with Gasteiger partial charge in [0.05, 0.1) is 0 Å². The van der Waals surface area contributed by atoms with E-state index in [9.17, 15) is 4.79 Å². The minimum atomic E-state index is -0.0372. The number of pyridine rings is 1. The second kappa shape index (κ2) is 7.57. The highest BCUT2D eigenvalue weighted by atomic mass is 16.3. The molecule has 17 heavy (non-hydrogen) atoms. The van der Waals surface area contributed by atoms with Crippen molar-refractivity contribution in [3.8, 4) is 0 Å². The van der Waals surface area contributed by atoms with Crippen LogP contribution in [0.1, 0.15) is 18.9 Å². The van der Waals surface area contributed by atoms with E-state index in [1.165, 1.54) is 6.08 Å². The molecular formula is C13H18N2O2. The van der Waals surface area contributed by atoms with E-state index < -0.39 is 0 Å².